The van der Waals surface area contributed by atoms with Crippen LogP contribution in [0.2, 0.25) is 0 Å². The van der Waals surface area contributed by atoms with Gasteiger partial charge in [0.05, 0.1) is 22.0 Å². The van der Waals surface area contributed by atoms with Crippen LogP contribution >= 0.6 is 0 Å². The highest BCUT2D eigenvalue weighted by molar-refractivity contribution is 7.86. The van der Waals surface area contributed by atoms with Gasteiger partial charge in [0.25, 0.3) is 20.2 Å². The summed E-state index contributed by atoms with van der Waals surface area (Å²) in [6, 6.07) is 14.8. The van der Waals surface area contributed by atoms with E-state index in [4.69, 9.17) is 9.11 Å². The van der Waals surface area contributed by atoms with Crippen LogP contribution in [-0.2, 0) is 20.2 Å². The summed E-state index contributed by atoms with van der Waals surface area (Å²) in [5.41, 5.74) is 0. The Morgan fingerprint density at radius 1 is 0.656 bits per heavy atom. The standard InChI is InChI=1S/C10H22O2.2C6H6O3S/c1-4-6-9(11)8(3)10(12)7-5-2;2*7-10(8,9)6-4-2-1-3-5-6/h8-12H,4-7H2,1-3H3;2*1-5H,(H,7,8,9). The zero-order chi connectivity index (χ0) is 24.8. The zero-order valence-electron chi connectivity index (χ0n) is 18.6. The summed E-state index contributed by atoms with van der Waals surface area (Å²) in [6.07, 6.45) is 2.87. The second-order valence-electron chi connectivity index (χ2n) is 7.15. The van der Waals surface area contributed by atoms with E-state index < -0.39 is 20.2 Å². The van der Waals surface area contributed by atoms with Crippen molar-refractivity contribution >= 4 is 20.2 Å². The second kappa shape index (κ2) is 15.1. The van der Waals surface area contributed by atoms with Crippen LogP contribution in [0.4, 0.5) is 0 Å². The molecule has 4 N–H and O–H groups in total. The smallest absolute Gasteiger partial charge is 0.294 e. The van der Waals surface area contributed by atoms with E-state index in [0.29, 0.717) is 0 Å². The minimum atomic E-state index is -4.00. The van der Waals surface area contributed by atoms with E-state index in [1.165, 1.54) is 24.3 Å². The van der Waals surface area contributed by atoms with Crippen molar-refractivity contribution in [3.8, 4) is 0 Å². The summed E-state index contributed by atoms with van der Waals surface area (Å²) >= 11 is 0. The van der Waals surface area contributed by atoms with Crippen LogP contribution < -0.4 is 0 Å². The van der Waals surface area contributed by atoms with Gasteiger partial charge >= 0.3 is 0 Å². The summed E-state index contributed by atoms with van der Waals surface area (Å²) in [7, 11) is -8.01. The SMILES string of the molecule is CCCC(O)C(C)C(O)CCC.O=S(=O)(O)c1ccccc1.O=S(=O)(O)c1ccccc1. The van der Waals surface area contributed by atoms with Crippen molar-refractivity contribution in [2.45, 2.75) is 68.5 Å². The molecule has 10 heteroatoms. The first kappa shape index (κ1) is 30.2. The monoisotopic (exact) mass is 490 g/mol. The molecule has 0 saturated heterocycles. The molecule has 0 aliphatic heterocycles. The quantitative estimate of drug-likeness (QED) is 0.408. The Hall–Kier alpha value is -1.82. The lowest BCUT2D eigenvalue weighted by Crippen LogP contribution is -2.29. The van der Waals surface area contributed by atoms with Crippen LogP contribution in [0.5, 0.6) is 0 Å². The van der Waals surface area contributed by atoms with Gasteiger partial charge in [-0.2, -0.15) is 16.8 Å². The Kier molecular flexibility index (Phi) is 14.2. The van der Waals surface area contributed by atoms with E-state index in [-0.39, 0.29) is 27.9 Å². The van der Waals surface area contributed by atoms with E-state index in [1.807, 2.05) is 20.8 Å². The third-order valence-electron chi connectivity index (χ3n) is 4.46. The first-order valence-electron chi connectivity index (χ1n) is 10.3. The molecule has 0 saturated carbocycles. The molecule has 2 unspecified atom stereocenters. The molecule has 32 heavy (non-hydrogen) atoms. The summed E-state index contributed by atoms with van der Waals surface area (Å²) in [4.78, 5) is -0.148. The third kappa shape index (κ3) is 12.9. The Balaban J connectivity index is 0.000000452. The minimum Gasteiger partial charge on any atom is -0.393 e. The number of rotatable bonds is 8. The maximum absolute atomic E-state index is 10.4. The number of hydrogen-bond acceptors (Lipinski definition) is 6. The van der Waals surface area contributed by atoms with Crippen LogP contribution in [0.3, 0.4) is 0 Å². The molecule has 0 aliphatic carbocycles. The molecule has 0 fully saturated rings. The lowest BCUT2D eigenvalue weighted by molar-refractivity contribution is 0.0132. The second-order valence-corrected chi connectivity index (χ2v) is 9.99. The fourth-order valence-corrected chi connectivity index (χ4v) is 3.56. The summed E-state index contributed by atoms with van der Waals surface area (Å²) < 4.78 is 58.5. The summed E-state index contributed by atoms with van der Waals surface area (Å²) in [5, 5.41) is 19.1. The highest BCUT2D eigenvalue weighted by atomic mass is 32.2. The molecule has 0 aliphatic rings. The Morgan fingerprint density at radius 3 is 1.12 bits per heavy atom. The van der Waals surface area contributed by atoms with E-state index in [0.717, 1.165) is 25.7 Å². The molecular weight excluding hydrogens is 456 g/mol. The molecule has 0 radical (unpaired) electrons. The third-order valence-corrected chi connectivity index (χ3v) is 6.20. The molecule has 8 nitrogen and oxygen atoms in total. The first-order valence-corrected chi connectivity index (χ1v) is 13.1. The maximum atomic E-state index is 10.4. The lowest BCUT2D eigenvalue weighted by Gasteiger charge is -2.23. The van der Waals surface area contributed by atoms with Gasteiger partial charge in [0, 0.05) is 5.92 Å². The highest BCUT2D eigenvalue weighted by Gasteiger charge is 2.20. The predicted molar refractivity (Wildman–Crippen MR) is 124 cm³/mol. The van der Waals surface area contributed by atoms with Crippen LogP contribution in [-0.4, -0.2) is 48.4 Å². The van der Waals surface area contributed by atoms with E-state index in [2.05, 4.69) is 0 Å². The van der Waals surface area contributed by atoms with Crippen LogP contribution in [0.25, 0.3) is 0 Å². The van der Waals surface area contributed by atoms with Crippen LogP contribution in [0, 0.1) is 5.92 Å². The molecule has 0 spiro atoms. The Bertz CT molecular complexity index is 866. The first-order chi connectivity index (χ1) is 14.8. The molecule has 2 rings (SSSR count). The molecule has 0 bridgehead atoms. The lowest BCUT2D eigenvalue weighted by atomic mass is 9.92. The predicted octanol–water partition coefficient (Wildman–Crippen LogP) is 3.81. The highest BCUT2D eigenvalue weighted by Crippen LogP contribution is 2.16. The topological polar surface area (TPSA) is 149 Å². The van der Waals surface area contributed by atoms with Crippen molar-refractivity contribution in [1.29, 1.82) is 0 Å². The van der Waals surface area contributed by atoms with Gasteiger partial charge in [0.2, 0.25) is 0 Å². The normalized spacial score (nSPS) is 14.1. The largest absolute Gasteiger partial charge is 0.393 e. The van der Waals surface area contributed by atoms with Crippen LogP contribution in [0.1, 0.15) is 46.5 Å². The van der Waals surface area contributed by atoms with Gasteiger partial charge in [0.1, 0.15) is 0 Å². The van der Waals surface area contributed by atoms with E-state index in [9.17, 15) is 27.0 Å². The van der Waals surface area contributed by atoms with Crippen LogP contribution in [0.15, 0.2) is 70.5 Å². The van der Waals surface area contributed by atoms with Crippen molar-refractivity contribution in [2.24, 2.45) is 5.92 Å². The minimum absolute atomic E-state index is 0.0184. The van der Waals surface area contributed by atoms with Crippen molar-refractivity contribution in [2.75, 3.05) is 0 Å². The van der Waals surface area contributed by atoms with Gasteiger partial charge in [-0.3, -0.25) is 9.11 Å². The Labute approximate surface area is 191 Å². The molecule has 0 amide bonds. The van der Waals surface area contributed by atoms with Gasteiger partial charge < -0.3 is 10.2 Å². The van der Waals surface area contributed by atoms with Gasteiger partial charge in [-0.05, 0) is 37.1 Å². The zero-order valence-corrected chi connectivity index (χ0v) is 20.2. The van der Waals surface area contributed by atoms with Crippen molar-refractivity contribution < 1.29 is 36.2 Å². The molecule has 2 aromatic carbocycles. The molecule has 0 aromatic heterocycles. The van der Waals surface area contributed by atoms with Gasteiger partial charge in [-0.25, -0.2) is 0 Å². The average Bonchev–Trinajstić information content (AvgIpc) is 2.74. The van der Waals surface area contributed by atoms with Gasteiger partial charge in [-0.15, -0.1) is 0 Å². The number of aliphatic hydroxyl groups is 2. The number of aliphatic hydroxyl groups excluding tert-OH is 2. The van der Waals surface area contributed by atoms with E-state index in [1.54, 1.807) is 36.4 Å². The Morgan fingerprint density at radius 2 is 0.938 bits per heavy atom. The summed E-state index contributed by atoms with van der Waals surface area (Å²) in [5.74, 6) is 0.0184. The fraction of sp³-hybridized carbons (Fsp3) is 0.455. The maximum Gasteiger partial charge on any atom is 0.294 e. The number of benzene rings is 2. The van der Waals surface area contributed by atoms with Gasteiger partial charge in [0.15, 0.2) is 0 Å². The molecule has 2 atom stereocenters. The van der Waals surface area contributed by atoms with Crippen molar-refractivity contribution in [3.05, 3.63) is 60.7 Å². The fourth-order valence-electron chi connectivity index (χ4n) is 2.56. The van der Waals surface area contributed by atoms with E-state index >= 15 is 0 Å². The van der Waals surface area contributed by atoms with Crippen molar-refractivity contribution in [3.63, 3.8) is 0 Å². The van der Waals surface area contributed by atoms with Gasteiger partial charge in [-0.1, -0.05) is 70.0 Å². The number of hydrogen-bond donors (Lipinski definition) is 4. The van der Waals surface area contributed by atoms with Crippen molar-refractivity contribution in [1.82, 2.24) is 0 Å². The molecule has 2 aromatic rings. The average molecular weight is 491 g/mol. The molecule has 0 heterocycles. The molecule has 182 valence electrons. The summed E-state index contributed by atoms with van der Waals surface area (Å²) in [6.45, 7) is 6.00. The molecular formula is C22H34O8S2.